The number of nitriles is 1. The summed E-state index contributed by atoms with van der Waals surface area (Å²) in [6, 6.07) is 17.5. The third-order valence-corrected chi connectivity index (χ3v) is 5.46. The Labute approximate surface area is 199 Å². The predicted octanol–water partition coefficient (Wildman–Crippen LogP) is 4.88. The van der Waals surface area contributed by atoms with Crippen molar-refractivity contribution in [3.63, 3.8) is 0 Å². The summed E-state index contributed by atoms with van der Waals surface area (Å²) in [6.45, 7) is 8.92. The number of oxazole rings is 1. The summed E-state index contributed by atoms with van der Waals surface area (Å²) in [5.74, 6) is 1.25. The van der Waals surface area contributed by atoms with Crippen LogP contribution >= 0.6 is 0 Å². The Balaban J connectivity index is 1.27. The maximum absolute atomic E-state index is 12.3. The third kappa shape index (κ3) is 5.87. The molecule has 1 fully saturated rings. The van der Waals surface area contributed by atoms with E-state index in [1.165, 1.54) is 0 Å². The zero-order valence-corrected chi connectivity index (χ0v) is 19.7. The standard InChI is InChI=1S/C26H29N5O3/c1-26(2,3)34-25(32)31-14-12-30(13-15-31)22-10-8-21(9-11-22)28-18-24-29-17-23(33-24)20-6-4-19(16-27)5-7-20/h4-11,17,28H,12-15,18H2,1-3H3. The summed E-state index contributed by atoms with van der Waals surface area (Å²) >= 11 is 0. The van der Waals surface area contributed by atoms with Crippen molar-refractivity contribution in [2.24, 2.45) is 0 Å². The van der Waals surface area contributed by atoms with Crippen LogP contribution in [0.1, 0.15) is 32.2 Å². The maximum atomic E-state index is 12.3. The molecule has 4 rings (SSSR count). The second-order valence-corrected chi connectivity index (χ2v) is 9.16. The number of ether oxygens (including phenoxy) is 1. The van der Waals surface area contributed by atoms with E-state index in [1.807, 2.05) is 45.0 Å². The first-order valence-electron chi connectivity index (χ1n) is 11.3. The van der Waals surface area contributed by atoms with Gasteiger partial charge in [0.25, 0.3) is 0 Å². The number of hydrogen-bond donors (Lipinski definition) is 1. The van der Waals surface area contributed by atoms with Gasteiger partial charge in [0, 0.05) is 43.1 Å². The van der Waals surface area contributed by atoms with E-state index in [2.05, 4.69) is 33.4 Å². The van der Waals surface area contributed by atoms with Crippen LogP contribution in [0.25, 0.3) is 11.3 Å². The van der Waals surface area contributed by atoms with Crippen LogP contribution < -0.4 is 10.2 Å². The smallest absolute Gasteiger partial charge is 0.410 e. The van der Waals surface area contributed by atoms with E-state index in [0.29, 0.717) is 36.8 Å². The number of carbonyl (C=O) groups excluding carboxylic acids is 1. The average molecular weight is 460 g/mol. The molecule has 0 radical (unpaired) electrons. The van der Waals surface area contributed by atoms with Crippen molar-refractivity contribution < 1.29 is 13.9 Å². The van der Waals surface area contributed by atoms with Gasteiger partial charge in [-0.15, -0.1) is 0 Å². The minimum Gasteiger partial charge on any atom is -0.444 e. The number of benzene rings is 2. The van der Waals surface area contributed by atoms with Gasteiger partial charge in [0.2, 0.25) is 5.89 Å². The number of hydrogen-bond acceptors (Lipinski definition) is 7. The van der Waals surface area contributed by atoms with Crippen LogP contribution in [-0.4, -0.2) is 47.8 Å². The minimum absolute atomic E-state index is 0.249. The van der Waals surface area contributed by atoms with Crippen molar-refractivity contribution in [2.45, 2.75) is 32.9 Å². The molecule has 8 nitrogen and oxygen atoms in total. The predicted molar refractivity (Wildman–Crippen MR) is 130 cm³/mol. The molecule has 8 heteroatoms. The van der Waals surface area contributed by atoms with Crippen molar-refractivity contribution in [1.82, 2.24) is 9.88 Å². The largest absolute Gasteiger partial charge is 0.444 e. The fourth-order valence-electron chi connectivity index (χ4n) is 3.68. The summed E-state index contributed by atoms with van der Waals surface area (Å²) in [4.78, 5) is 20.6. The molecule has 1 saturated heterocycles. The molecule has 1 aliphatic heterocycles. The quantitative estimate of drug-likeness (QED) is 0.581. The molecule has 0 atom stereocenters. The highest BCUT2D eigenvalue weighted by atomic mass is 16.6. The van der Waals surface area contributed by atoms with Gasteiger partial charge in [-0.25, -0.2) is 9.78 Å². The summed E-state index contributed by atoms with van der Waals surface area (Å²) in [7, 11) is 0. The molecule has 0 bridgehead atoms. The van der Waals surface area contributed by atoms with Gasteiger partial charge in [0.05, 0.1) is 24.4 Å². The lowest BCUT2D eigenvalue weighted by molar-refractivity contribution is 0.0240. The number of nitrogens with one attached hydrogen (secondary N) is 1. The maximum Gasteiger partial charge on any atom is 0.410 e. The van der Waals surface area contributed by atoms with E-state index in [-0.39, 0.29) is 6.09 Å². The lowest BCUT2D eigenvalue weighted by Crippen LogP contribution is -2.50. The van der Waals surface area contributed by atoms with Gasteiger partial charge >= 0.3 is 6.09 Å². The zero-order valence-electron chi connectivity index (χ0n) is 19.7. The van der Waals surface area contributed by atoms with Crippen LogP contribution in [0.3, 0.4) is 0 Å². The van der Waals surface area contributed by atoms with Crippen molar-refractivity contribution in [3.05, 3.63) is 66.2 Å². The molecule has 2 heterocycles. The molecule has 0 saturated carbocycles. The summed E-state index contributed by atoms with van der Waals surface area (Å²) in [5.41, 5.74) is 3.10. The molecule has 1 amide bonds. The van der Waals surface area contributed by atoms with Crippen molar-refractivity contribution in [2.75, 3.05) is 36.4 Å². The molecule has 1 N–H and O–H groups in total. The van der Waals surface area contributed by atoms with E-state index in [0.717, 1.165) is 30.0 Å². The molecule has 0 aliphatic carbocycles. The monoisotopic (exact) mass is 459 g/mol. The SMILES string of the molecule is CC(C)(C)OC(=O)N1CCN(c2ccc(NCc3ncc(-c4ccc(C#N)cc4)o3)cc2)CC1. The molecule has 0 spiro atoms. The number of rotatable bonds is 5. The number of nitrogens with zero attached hydrogens (tertiary/aromatic N) is 4. The van der Waals surface area contributed by atoms with E-state index in [1.54, 1.807) is 23.2 Å². The second-order valence-electron chi connectivity index (χ2n) is 9.16. The zero-order chi connectivity index (χ0) is 24.1. The first-order valence-corrected chi connectivity index (χ1v) is 11.3. The molecule has 1 aromatic heterocycles. The molecule has 34 heavy (non-hydrogen) atoms. The Morgan fingerprint density at radius 3 is 2.38 bits per heavy atom. The van der Waals surface area contributed by atoms with Crippen LogP contribution in [0.15, 0.2) is 59.1 Å². The highest BCUT2D eigenvalue weighted by Gasteiger charge is 2.25. The van der Waals surface area contributed by atoms with Crippen LogP contribution in [0, 0.1) is 11.3 Å². The van der Waals surface area contributed by atoms with Gasteiger partial charge in [-0.3, -0.25) is 0 Å². The van der Waals surface area contributed by atoms with Gasteiger partial charge < -0.3 is 24.3 Å². The van der Waals surface area contributed by atoms with E-state index < -0.39 is 5.60 Å². The first-order chi connectivity index (χ1) is 16.3. The van der Waals surface area contributed by atoms with Gasteiger partial charge in [-0.2, -0.15) is 5.26 Å². The molecule has 2 aromatic carbocycles. The molecule has 3 aromatic rings. The highest BCUT2D eigenvalue weighted by Crippen LogP contribution is 2.23. The highest BCUT2D eigenvalue weighted by molar-refractivity contribution is 5.68. The lowest BCUT2D eigenvalue weighted by Gasteiger charge is -2.36. The third-order valence-electron chi connectivity index (χ3n) is 5.46. The van der Waals surface area contributed by atoms with Gasteiger partial charge in [0.15, 0.2) is 5.76 Å². The Bertz CT molecular complexity index is 1150. The fourth-order valence-corrected chi connectivity index (χ4v) is 3.68. The summed E-state index contributed by atoms with van der Waals surface area (Å²) < 4.78 is 11.3. The van der Waals surface area contributed by atoms with E-state index in [9.17, 15) is 4.79 Å². The molecular weight excluding hydrogens is 430 g/mol. The molecule has 0 unspecified atom stereocenters. The van der Waals surface area contributed by atoms with Crippen LogP contribution in [-0.2, 0) is 11.3 Å². The lowest BCUT2D eigenvalue weighted by atomic mass is 10.1. The van der Waals surface area contributed by atoms with Crippen molar-refractivity contribution >= 4 is 17.5 Å². The van der Waals surface area contributed by atoms with E-state index in [4.69, 9.17) is 14.4 Å². The fraction of sp³-hybridized carbons (Fsp3) is 0.346. The number of anilines is 2. The minimum atomic E-state index is -0.479. The normalized spacial score (nSPS) is 13.9. The number of piperazine rings is 1. The van der Waals surface area contributed by atoms with E-state index >= 15 is 0 Å². The van der Waals surface area contributed by atoms with Crippen LogP contribution in [0.5, 0.6) is 0 Å². The van der Waals surface area contributed by atoms with Crippen molar-refractivity contribution in [1.29, 1.82) is 5.26 Å². The molecule has 176 valence electrons. The van der Waals surface area contributed by atoms with Gasteiger partial charge in [-0.1, -0.05) is 0 Å². The van der Waals surface area contributed by atoms with Gasteiger partial charge in [-0.05, 0) is 69.3 Å². The second kappa shape index (κ2) is 9.87. The first kappa shape index (κ1) is 23.2. The summed E-state index contributed by atoms with van der Waals surface area (Å²) in [5, 5.41) is 12.3. The topological polar surface area (TPSA) is 94.6 Å². The number of aromatic nitrogens is 1. The summed E-state index contributed by atoms with van der Waals surface area (Å²) in [6.07, 6.45) is 1.44. The Kier molecular flexibility index (Phi) is 6.73. The molecule has 1 aliphatic rings. The number of carbonyl (C=O) groups is 1. The number of amides is 1. The van der Waals surface area contributed by atoms with Crippen LogP contribution in [0.2, 0.25) is 0 Å². The average Bonchev–Trinajstić information content (AvgIpc) is 3.31. The van der Waals surface area contributed by atoms with Gasteiger partial charge in [0.1, 0.15) is 5.60 Å². The van der Waals surface area contributed by atoms with Crippen molar-refractivity contribution in [3.8, 4) is 17.4 Å². The Morgan fingerprint density at radius 1 is 1.09 bits per heavy atom. The molecular formula is C26H29N5O3. The Hall–Kier alpha value is -3.99. The van der Waals surface area contributed by atoms with Crippen LogP contribution in [0.4, 0.5) is 16.2 Å². The Morgan fingerprint density at radius 2 is 1.76 bits per heavy atom.